The molecule has 0 rings (SSSR count). The fourth-order valence-electron chi connectivity index (χ4n) is 0.297. The fourth-order valence-corrected chi connectivity index (χ4v) is 0.891. The smallest absolute Gasteiger partial charge is 0.297 e. The maximum atomic E-state index is 10.4. The highest BCUT2D eigenvalue weighted by atomic mass is 31.2. The molecule has 0 fully saturated rings. The third-order valence-electron chi connectivity index (χ3n) is 0.549. The second-order valence-corrected chi connectivity index (χ2v) is 2.65. The average molecular weight is 169 g/mol. The molecule has 0 aromatic rings. The van der Waals surface area contributed by atoms with Gasteiger partial charge in [-0.05, 0) is 13.8 Å². The van der Waals surface area contributed by atoms with Gasteiger partial charge in [-0.1, -0.05) is 0 Å². The number of hydrogen-bond acceptors (Lipinski definition) is 5. The van der Waals surface area contributed by atoms with Crippen molar-refractivity contribution in [2.24, 2.45) is 0 Å². The Labute approximate surface area is 59.4 Å². The van der Waals surface area contributed by atoms with Crippen LogP contribution in [0.15, 0.2) is 0 Å². The molecule has 0 saturated carbocycles. The molecular formula is C4H10O5P-. The predicted octanol–water partition coefficient (Wildman–Crippen LogP) is 0.459. The standard InChI is InChI=1S/C4H11O5P/c1-3-7-9-10(5,6)8-4-2/h3-4H2,1-2H3,(H,5,6)/p-1. The minimum Gasteiger partial charge on any atom is -0.754 e. The van der Waals surface area contributed by atoms with E-state index in [1.54, 1.807) is 13.8 Å². The summed E-state index contributed by atoms with van der Waals surface area (Å²) in [5.41, 5.74) is 0. The Morgan fingerprint density at radius 1 is 1.40 bits per heavy atom. The monoisotopic (exact) mass is 169 g/mol. The van der Waals surface area contributed by atoms with Gasteiger partial charge in [0.15, 0.2) is 0 Å². The summed E-state index contributed by atoms with van der Waals surface area (Å²) in [6.07, 6.45) is 0. The van der Waals surface area contributed by atoms with Crippen LogP contribution in [0.25, 0.3) is 0 Å². The van der Waals surface area contributed by atoms with Crippen LogP contribution in [0.5, 0.6) is 0 Å². The lowest BCUT2D eigenvalue weighted by atomic mass is 10.9. The summed E-state index contributed by atoms with van der Waals surface area (Å²) in [7, 11) is -4.18. The van der Waals surface area contributed by atoms with E-state index in [1.807, 2.05) is 0 Å². The summed E-state index contributed by atoms with van der Waals surface area (Å²) < 4.78 is 18.5. The molecule has 0 spiro atoms. The Bertz CT molecular complexity index is 125. The lowest BCUT2D eigenvalue weighted by Gasteiger charge is -2.19. The van der Waals surface area contributed by atoms with Crippen molar-refractivity contribution in [3.05, 3.63) is 0 Å². The molecule has 0 aliphatic carbocycles. The number of rotatable bonds is 5. The zero-order valence-electron chi connectivity index (χ0n) is 5.90. The first kappa shape index (κ1) is 10.1. The third kappa shape index (κ3) is 4.90. The Balaban J connectivity index is 3.53. The minimum atomic E-state index is -4.18. The Morgan fingerprint density at radius 3 is 2.40 bits per heavy atom. The molecule has 0 heterocycles. The third-order valence-corrected chi connectivity index (χ3v) is 1.41. The molecule has 0 aliphatic heterocycles. The molecule has 0 aliphatic rings. The minimum absolute atomic E-state index is 0.0495. The highest BCUT2D eigenvalue weighted by Gasteiger charge is 2.07. The van der Waals surface area contributed by atoms with Crippen molar-refractivity contribution in [1.29, 1.82) is 0 Å². The van der Waals surface area contributed by atoms with Gasteiger partial charge in [0.05, 0.1) is 13.2 Å². The van der Waals surface area contributed by atoms with Crippen LogP contribution in [0.4, 0.5) is 0 Å². The van der Waals surface area contributed by atoms with E-state index < -0.39 is 7.82 Å². The van der Waals surface area contributed by atoms with E-state index in [0.29, 0.717) is 0 Å². The molecule has 0 aromatic carbocycles. The van der Waals surface area contributed by atoms with E-state index in [0.717, 1.165) is 0 Å². The molecular weight excluding hydrogens is 159 g/mol. The molecule has 5 nitrogen and oxygen atoms in total. The molecule has 6 heteroatoms. The number of hydrogen-bond donors (Lipinski definition) is 0. The molecule has 0 aromatic heterocycles. The van der Waals surface area contributed by atoms with Crippen molar-refractivity contribution < 1.29 is 23.5 Å². The summed E-state index contributed by atoms with van der Waals surface area (Å²) >= 11 is 0. The first-order valence-electron chi connectivity index (χ1n) is 2.89. The van der Waals surface area contributed by atoms with Gasteiger partial charge in [0, 0.05) is 0 Å². The van der Waals surface area contributed by atoms with Crippen LogP contribution in [-0.4, -0.2) is 13.2 Å². The zero-order chi connectivity index (χ0) is 8.04. The Hall–Kier alpha value is 0.0700. The normalized spacial score (nSPS) is 16.7. The van der Waals surface area contributed by atoms with Crippen LogP contribution in [0.3, 0.4) is 0 Å². The summed E-state index contributed by atoms with van der Waals surface area (Å²) in [5, 5.41) is 0. The van der Waals surface area contributed by atoms with E-state index in [-0.39, 0.29) is 13.2 Å². The van der Waals surface area contributed by atoms with Gasteiger partial charge in [0.25, 0.3) is 7.82 Å². The fraction of sp³-hybridized carbons (Fsp3) is 1.00. The van der Waals surface area contributed by atoms with Gasteiger partial charge in [0.2, 0.25) is 0 Å². The van der Waals surface area contributed by atoms with Crippen molar-refractivity contribution >= 4 is 7.82 Å². The lowest BCUT2D eigenvalue weighted by molar-refractivity contribution is -0.303. The van der Waals surface area contributed by atoms with Crippen molar-refractivity contribution in [1.82, 2.24) is 0 Å². The summed E-state index contributed by atoms with van der Waals surface area (Å²) in [4.78, 5) is 14.6. The second-order valence-electron chi connectivity index (χ2n) is 1.35. The molecule has 1 unspecified atom stereocenters. The van der Waals surface area contributed by atoms with Gasteiger partial charge in [-0.3, -0.25) is 4.57 Å². The molecule has 0 amide bonds. The van der Waals surface area contributed by atoms with Crippen LogP contribution >= 0.6 is 7.82 Å². The molecule has 1 atom stereocenters. The summed E-state index contributed by atoms with van der Waals surface area (Å²) in [6, 6.07) is 0. The van der Waals surface area contributed by atoms with Gasteiger partial charge < -0.3 is 9.42 Å². The molecule has 0 bridgehead atoms. The van der Waals surface area contributed by atoms with E-state index in [4.69, 9.17) is 0 Å². The maximum Gasteiger partial charge on any atom is 0.297 e. The van der Waals surface area contributed by atoms with Crippen molar-refractivity contribution in [3.8, 4) is 0 Å². The van der Waals surface area contributed by atoms with E-state index in [2.05, 4.69) is 14.1 Å². The first-order valence-corrected chi connectivity index (χ1v) is 4.35. The van der Waals surface area contributed by atoms with Gasteiger partial charge in [-0.2, -0.15) is 4.67 Å². The number of phosphoric acid groups is 1. The summed E-state index contributed by atoms with van der Waals surface area (Å²) in [5.74, 6) is 0. The van der Waals surface area contributed by atoms with E-state index in [9.17, 15) is 9.46 Å². The van der Waals surface area contributed by atoms with Crippen molar-refractivity contribution in [3.63, 3.8) is 0 Å². The van der Waals surface area contributed by atoms with E-state index in [1.165, 1.54) is 0 Å². The first-order chi connectivity index (χ1) is 4.62. The SMILES string of the molecule is CCOOP(=O)([O-])OCC. The topological polar surface area (TPSA) is 67.8 Å². The van der Waals surface area contributed by atoms with Crippen LogP contribution in [-0.2, 0) is 18.7 Å². The Morgan fingerprint density at radius 2 is 2.00 bits per heavy atom. The van der Waals surface area contributed by atoms with Crippen LogP contribution < -0.4 is 4.89 Å². The zero-order valence-corrected chi connectivity index (χ0v) is 6.80. The van der Waals surface area contributed by atoms with Gasteiger partial charge in [0.1, 0.15) is 0 Å². The van der Waals surface area contributed by atoms with Crippen LogP contribution in [0, 0.1) is 0 Å². The molecule has 0 radical (unpaired) electrons. The average Bonchev–Trinajstić information content (AvgIpc) is 1.84. The second kappa shape index (κ2) is 4.82. The Kier molecular flexibility index (Phi) is 4.85. The van der Waals surface area contributed by atoms with E-state index >= 15 is 0 Å². The lowest BCUT2D eigenvalue weighted by Crippen LogP contribution is -2.08. The molecule has 0 N–H and O–H groups in total. The quantitative estimate of drug-likeness (QED) is 0.339. The largest absolute Gasteiger partial charge is 0.754 e. The molecule has 10 heavy (non-hydrogen) atoms. The van der Waals surface area contributed by atoms with Crippen LogP contribution in [0.1, 0.15) is 13.8 Å². The van der Waals surface area contributed by atoms with Gasteiger partial charge in [-0.15, -0.1) is 0 Å². The number of phosphoric ester groups is 1. The highest BCUT2D eigenvalue weighted by Crippen LogP contribution is 2.37. The predicted molar refractivity (Wildman–Crippen MR) is 31.9 cm³/mol. The highest BCUT2D eigenvalue weighted by molar-refractivity contribution is 7.45. The maximum absolute atomic E-state index is 10.4. The van der Waals surface area contributed by atoms with Gasteiger partial charge >= 0.3 is 0 Å². The van der Waals surface area contributed by atoms with Crippen LogP contribution in [0.2, 0.25) is 0 Å². The van der Waals surface area contributed by atoms with Gasteiger partial charge in [-0.25, -0.2) is 4.89 Å². The molecule has 0 saturated heterocycles. The summed E-state index contributed by atoms with van der Waals surface area (Å²) in [6.45, 7) is 3.36. The van der Waals surface area contributed by atoms with Crippen molar-refractivity contribution in [2.45, 2.75) is 13.8 Å². The molecule has 62 valence electrons. The van der Waals surface area contributed by atoms with Crippen molar-refractivity contribution in [2.75, 3.05) is 13.2 Å².